The molecule has 1 aromatic heterocycles. The van der Waals surface area contributed by atoms with Crippen molar-refractivity contribution in [3.8, 4) is 0 Å². The number of nitrogens with zero attached hydrogens (tertiary/aromatic N) is 2. The summed E-state index contributed by atoms with van der Waals surface area (Å²) < 4.78 is 0. The van der Waals surface area contributed by atoms with Crippen LogP contribution in [0.3, 0.4) is 0 Å². The van der Waals surface area contributed by atoms with Crippen molar-refractivity contribution >= 4 is 22.7 Å². The number of nitrogens with one attached hydrogen (secondary N) is 1. The average Bonchev–Trinajstić information content (AvgIpc) is 2.72. The minimum absolute atomic E-state index is 0.129. The molecule has 94 valence electrons. The predicted octanol–water partition coefficient (Wildman–Crippen LogP) is 3.28. The van der Waals surface area contributed by atoms with E-state index in [-0.39, 0.29) is 10.6 Å². The van der Waals surface area contributed by atoms with E-state index >= 15 is 0 Å². The van der Waals surface area contributed by atoms with Crippen molar-refractivity contribution in [3.05, 3.63) is 50.0 Å². The van der Waals surface area contributed by atoms with E-state index in [4.69, 9.17) is 0 Å². The predicted molar refractivity (Wildman–Crippen MR) is 72.0 cm³/mol. The van der Waals surface area contributed by atoms with Crippen molar-refractivity contribution in [2.45, 2.75) is 20.4 Å². The molecule has 0 radical (unpaired) electrons. The molecule has 2 rings (SSSR count). The van der Waals surface area contributed by atoms with E-state index in [1.807, 2.05) is 12.3 Å². The monoisotopic (exact) mass is 263 g/mol. The molecule has 0 aliphatic heterocycles. The van der Waals surface area contributed by atoms with Gasteiger partial charge in [0.25, 0.3) is 5.69 Å². The SMILES string of the molecule is Cc1nc(CNc2cccc(C)c2[N+](=O)[O-])cs1. The zero-order chi connectivity index (χ0) is 13.1. The molecular weight excluding hydrogens is 250 g/mol. The van der Waals surface area contributed by atoms with Crippen LogP contribution in [0.25, 0.3) is 0 Å². The van der Waals surface area contributed by atoms with Crippen LogP contribution in [0, 0.1) is 24.0 Å². The molecule has 0 unspecified atom stereocenters. The first-order valence-electron chi connectivity index (χ1n) is 5.47. The first-order valence-corrected chi connectivity index (χ1v) is 6.35. The van der Waals surface area contributed by atoms with Crippen LogP contribution in [-0.4, -0.2) is 9.91 Å². The number of anilines is 1. The number of para-hydroxylation sites is 1. The van der Waals surface area contributed by atoms with Gasteiger partial charge < -0.3 is 5.32 Å². The summed E-state index contributed by atoms with van der Waals surface area (Å²) in [6, 6.07) is 5.25. The fourth-order valence-electron chi connectivity index (χ4n) is 1.72. The Labute approximate surface area is 109 Å². The van der Waals surface area contributed by atoms with Gasteiger partial charge in [-0.25, -0.2) is 4.98 Å². The third-order valence-corrected chi connectivity index (χ3v) is 3.37. The van der Waals surface area contributed by atoms with Crippen molar-refractivity contribution in [1.82, 2.24) is 4.98 Å². The van der Waals surface area contributed by atoms with Crippen molar-refractivity contribution in [3.63, 3.8) is 0 Å². The maximum atomic E-state index is 11.0. The second kappa shape index (κ2) is 5.14. The molecule has 0 saturated carbocycles. The smallest absolute Gasteiger partial charge is 0.295 e. The van der Waals surface area contributed by atoms with Crippen LogP contribution in [0.1, 0.15) is 16.3 Å². The Kier molecular flexibility index (Phi) is 3.57. The van der Waals surface area contributed by atoms with Gasteiger partial charge in [-0.3, -0.25) is 10.1 Å². The minimum Gasteiger partial charge on any atom is -0.374 e. The Bertz CT molecular complexity index is 580. The first-order chi connectivity index (χ1) is 8.58. The molecule has 0 bridgehead atoms. The molecule has 6 heteroatoms. The third-order valence-electron chi connectivity index (χ3n) is 2.55. The van der Waals surface area contributed by atoms with Crippen LogP contribution in [0.2, 0.25) is 0 Å². The van der Waals surface area contributed by atoms with Gasteiger partial charge in [-0.15, -0.1) is 11.3 Å². The van der Waals surface area contributed by atoms with E-state index in [1.54, 1.807) is 36.5 Å². The fraction of sp³-hybridized carbons (Fsp3) is 0.250. The Morgan fingerprint density at radius 3 is 2.83 bits per heavy atom. The van der Waals surface area contributed by atoms with E-state index in [2.05, 4.69) is 10.3 Å². The highest BCUT2D eigenvalue weighted by Gasteiger charge is 2.16. The molecule has 5 nitrogen and oxygen atoms in total. The van der Waals surface area contributed by atoms with Gasteiger partial charge in [0.2, 0.25) is 0 Å². The maximum absolute atomic E-state index is 11.0. The number of benzene rings is 1. The molecule has 0 amide bonds. The Hall–Kier alpha value is -1.95. The molecule has 0 spiro atoms. The fourth-order valence-corrected chi connectivity index (χ4v) is 2.33. The highest BCUT2D eigenvalue weighted by molar-refractivity contribution is 7.09. The van der Waals surface area contributed by atoms with Gasteiger partial charge >= 0.3 is 0 Å². The molecule has 0 aliphatic rings. The summed E-state index contributed by atoms with van der Waals surface area (Å²) in [5.74, 6) is 0. The van der Waals surface area contributed by atoms with Crippen molar-refractivity contribution < 1.29 is 4.92 Å². The molecule has 2 aromatic rings. The van der Waals surface area contributed by atoms with Crippen LogP contribution < -0.4 is 5.32 Å². The average molecular weight is 263 g/mol. The van der Waals surface area contributed by atoms with Gasteiger partial charge in [0, 0.05) is 10.9 Å². The van der Waals surface area contributed by atoms with Crippen LogP contribution in [0.4, 0.5) is 11.4 Å². The lowest BCUT2D eigenvalue weighted by Gasteiger charge is -2.07. The molecule has 18 heavy (non-hydrogen) atoms. The summed E-state index contributed by atoms with van der Waals surface area (Å²) in [7, 11) is 0. The highest BCUT2D eigenvalue weighted by atomic mass is 32.1. The molecule has 1 N–H and O–H groups in total. The van der Waals surface area contributed by atoms with E-state index in [0.29, 0.717) is 17.8 Å². The van der Waals surface area contributed by atoms with E-state index < -0.39 is 0 Å². The van der Waals surface area contributed by atoms with Gasteiger partial charge in [-0.2, -0.15) is 0 Å². The lowest BCUT2D eigenvalue weighted by Crippen LogP contribution is -2.04. The van der Waals surface area contributed by atoms with Crippen LogP contribution in [0.15, 0.2) is 23.6 Å². The Balaban J connectivity index is 2.19. The second-order valence-corrected chi connectivity index (χ2v) is 5.00. The summed E-state index contributed by atoms with van der Waals surface area (Å²) in [6.07, 6.45) is 0. The number of hydrogen-bond donors (Lipinski definition) is 1. The van der Waals surface area contributed by atoms with E-state index in [9.17, 15) is 10.1 Å². The summed E-state index contributed by atoms with van der Waals surface area (Å²) in [6.45, 7) is 4.16. The molecule has 0 atom stereocenters. The first kappa shape index (κ1) is 12.5. The molecule has 1 aromatic carbocycles. The van der Waals surface area contributed by atoms with E-state index in [1.165, 1.54) is 0 Å². The molecule has 0 aliphatic carbocycles. The van der Waals surface area contributed by atoms with Gasteiger partial charge in [0.15, 0.2) is 0 Å². The summed E-state index contributed by atoms with van der Waals surface area (Å²) >= 11 is 1.57. The number of nitro benzene ring substituents is 1. The molecule has 0 fully saturated rings. The zero-order valence-corrected chi connectivity index (χ0v) is 11.0. The van der Waals surface area contributed by atoms with Crippen molar-refractivity contribution in [1.29, 1.82) is 0 Å². The van der Waals surface area contributed by atoms with Gasteiger partial charge in [0.05, 0.1) is 22.2 Å². The number of aromatic nitrogens is 1. The summed E-state index contributed by atoms with van der Waals surface area (Å²) in [4.78, 5) is 15.0. The largest absolute Gasteiger partial charge is 0.374 e. The van der Waals surface area contributed by atoms with Gasteiger partial charge in [-0.05, 0) is 19.9 Å². The Morgan fingerprint density at radius 1 is 1.44 bits per heavy atom. The Morgan fingerprint density at radius 2 is 2.22 bits per heavy atom. The van der Waals surface area contributed by atoms with Crippen molar-refractivity contribution in [2.24, 2.45) is 0 Å². The topological polar surface area (TPSA) is 68.1 Å². The van der Waals surface area contributed by atoms with E-state index in [0.717, 1.165) is 10.7 Å². The minimum atomic E-state index is -0.357. The van der Waals surface area contributed by atoms with Crippen LogP contribution in [-0.2, 0) is 6.54 Å². The molecule has 0 saturated heterocycles. The van der Waals surface area contributed by atoms with Crippen LogP contribution >= 0.6 is 11.3 Å². The quantitative estimate of drug-likeness (QED) is 0.679. The molecular formula is C12H13N3O2S. The third kappa shape index (κ3) is 2.65. The highest BCUT2D eigenvalue weighted by Crippen LogP contribution is 2.28. The second-order valence-electron chi connectivity index (χ2n) is 3.94. The lowest BCUT2D eigenvalue weighted by molar-refractivity contribution is -0.384. The number of thiazole rings is 1. The normalized spacial score (nSPS) is 10.3. The number of nitro groups is 1. The summed E-state index contributed by atoms with van der Waals surface area (Å²) in [5.41, 5.74) is 2.21. The summed E-state index contributed by atoms with van der Waals surface area (Å²) in [5, 5.41) is 17.0. The van der Waals surface area contributed by atoms with Crippen molar-refractivity contribution in [2.75, 3.05) is 5.32 Å². The standard InChI is InChI=1S/C12H13N3O2S/c1-8-4-3-5-11(12(8)15(16)17)13-6-10-7-18-9(2)14-10/h3-5,7,13H,6H2,1-2H3. The lowest BCUT2D eigenvalue weighted by atomic mass is 10.1. The number of rotatable bonds is 4. The van der Waals surface area contributed by atoms with Gasteiger partial charge in [-0.1, -0.05) is 12.1 Å². The number of hydrogen-bond acceptors (Lipinski definition) is 5. The van der Waals surface area contributed by atoms with Crippen LogP contribution in [0.5, 0.6) is 0 Å². The molecule has 1 heterocycles. The zero-order valence-electron chi connectivity index (χ0n) is 10.1. The van der Waals surface area contributed by atoms with Gasteiger partial charge in [0.1, 0.15) is 5.69 Å². The number of aryl methyl sites for hydroxylation is 2. The maximum Gasteiger partial charge on any atom is 0.295 e.